The summed E-state index contributed by atoms with van der Waals surface area (Å²) in [5, 5.41) is 5.07. The number of hydrogen-bond donors (Lipinski definition) is 2. The molecule has 0 atom stereocenters. The molecule has 0 saturated carbocycles. The van der Waals surface area contributed by atoms with Gasteiger partial charge in [0.1, 0.15) is 0 Å². The van der Waals surface area contributed by atoms with Crippen LogP contribution >= 0.6 is 0 Å². The van der Waals surface area contributed by atoms with Crippen molar-refractivity contribution >= 4 is 11.6 Å². The molecule has 2 N–H and O–H groups in total. The lowest BCUT2D eigenvalue weighted by atomic mass is 10.2. The minimum Gasteiger partial charge on any atom is -0.371 e. The Hall–Kier alpha value is -2.31. The van der Waals surface area contributed by atoms with Gasteiger partial charge in [0.15, 0.2) is 34.9 Å². The second-order valence-electron chi connectivity index (χ2n) is 4.00. The molecule has 0 unspecified atom stereocenters. The molecule has 3 nitrogen and oxygen atoms in total. The van der Waals surface area contributed by atoms with E-state index < -0.39 is 23.3 Å². The highest BCUT2D eigenvalue weighted by atomic mass is 19.2. The summed E-state index contributed by atoms with van der Waals surface area (Å²) in [5.74, 6) is -3.93. The van der Waals surface area contributed by atoms with E-state index in [-0.39, 0.29) is 18.2 Å². The standard InChI is InChI=1S/C13H11F4N3/c1-18-12-10(16)5-11(17)13(20-12)19-6-7-2-3-8(14)9(15)4-7/h2-5H,6H2,1H3,(H2,18,19,20). The number of pyridine rings is 1. The van der Waals surface area contributed by atoms with Gasteiger partial charge in [-0.2, -0.15) is 0 Å². The molecule has 0 radical (unpaired) electrons. The summed E-state index contributed by atoms with van der Waals surface area (Å²) < 4.78 is 52.4. The summed E-state index contributed by atoms with van der Waals surface area (Å²) in [4.78, 5) is 3.71. The minimum atomic E-state index is -0.993. The highest BCUT2D eigenvalue weighted by Crippen LogP contribution is 2.19. The van der Waals surface area contributed by atoms with E-state index in [9.17, 15) is 17.6 Å². The van der Waals surface area contributed by atoms with Gasteiger partial charge in [-0.1, -0.05) is 6.07 Å². The minimum absolute atomic E-state index is 0.0237. The highest BCUT2D eigenvalue weighted by Gasteiger charge is 2.11. The fourth-order valence-electron chi connectivity index (χ4n) is 1.60. The monoisotopic (exact) mass is 285 g/mol. The van der Waals surface area contributed by atoms with Crippen LogP contribution in [0.3, 0.4) is 0 Å². The molecule has 0 aliphatic heterocycles. The molecule has 1 heterocycles. The zero-order chi connectivity index (χ0) is 14.7. The average Bonchev–Trinajstić information content (AvgIpc) is 2.41. The van der Waals surface area contributed by atoms with Gasteiger partial charge >= 0.3 is 0 Å². The van der Waals surface area contributed by atoms with Crippen molar-refractivity contribution in [2.24, 2.45) is 0 Å². The van der Waals surface area contributed by atoms with Crippen LogP contribution in [0.15, 0.2) is 24.3 Å². The van der Waals surface area contributed by atoms with Crippen LogP contribution in [0.25, 0.3) is 0 Å². The third kappa shape index (κ3) is 2.98. The Kier molecular flexibility index (Phi) is 4.07. The van der Waals surface area contributed by atoms with Gasteiger partial charge < -0.3 is 10.6 Å². The first-order chi connectivity index (χ1) is 9.51. The van der Waals surface area contributed by atoms with Crippen molar-refractivity contribution in [3.05, 3.63) is 53.1 Å². The van der Waals surface area contributed by atoms with Gasteiger partial charge in [0.2, 0.25) is 0 Å². The van der Waals surface area contributed by atoms with E-state index >= 15 is 0 Å². The zero-order valence-corrected chi connectivity index (χ0v) is 10.5. The molecule has 2 rings (SSSR count). The molecular formula is C13H11F4N3. The smallest absolute Gasteiger partial charge is 0.168 e. The Morgan fingerprint density at radius 1 is 0.900 bits per heavy atom. The van der Waals surface area contributed by atoms with E-state index in [0.29, 0.717) is 11.6 Å². The summed E-state index contributed by atoms with van der Waals surface area (Å²) in [6.07, 6.45) is 0. The van der Waals surface area contributed by atoms with Crippen molar-refractivity contribution in [3.63, 3.8) is 0 Å². The molecule has 0 amide bonds. The van der Waals surface area contributed by atoms with Crippen molar-refractivity contribution < 1.29 is 17.6 Å². The van der Waals surface area contributed by atoms with Gasteiger partial charge in [0.05, 0.1) is 0 Å². The Morgan fingerprint density at radius 3 is 2.25 bits per heavy atom. The maximum atomic E-state index is 13.5. The largest absolute Gasteiger partial charge is 0.371 e. The van der Waals surface area contributed by atoms with Gasteiger partial charge in [-0.05, 0) is 17.7 Å². The van der Waals surface area contributed by atoms with Gasteiger partial charge in [0.25, 0.3) is 0 Å². The van der Waals surface area contributed by atoms with Crippen LogP contribution in [0.2, 0.25) is 0 Å². The first-order valence-corrected chi connectivity index (χ1v) is 5.73. The fourth-order valence-corrected chi connectivity index (χ4v) is 1.60. The normalized spacial score (nSPS) is 10.4. The first kappa shape index (κ1) is 14.1. The number of rotatable bonds is 4. The molecule has 0 aliphatic carbocycles. The molecule has 0 bridgehead atoms. The van der Waals surface area contributed by atoms with Gasteiger partial charge in [-0.15, -0.1) is 0 Å². The SMILES string of the molecule is CNc1nc(NCc2ccc(F)c(F)c2)c(F)cc1F. The Morgan fingerprint density at radius 2 is 1.60 bits per heavy atom. The van der Waals surface area contributed by atoms with Crippen LogP contribution in [0.1, 0.15) is 5.56 Å². The van der Waals surface area contributed by atoms with Crippen molar-refractivity contribution in [2.75, 3.05) is 17.7 Å². The van der Waals surface area contributed by atoms with E-state index in [2.05, 4.69) is 15.6 Å². The van der Waals surface area contributed by atoms with E-state index in [4.69, 9.17) is 0 Å². The molecule has 0 spiro atoms. The zero-order valence-electron chi connectivity index (χ0n) is 10.5. The first-order valence-electron chi connectivity index (χ1n) is 5.73. The van der Waals surface area contributed by atoms with Crippen molar-refractivity contribution in [3.8, 4) is 0 Å². The number of aromatic nitrogens is 1. The third-order valence-corrected chi connectivity index (χ3v) is 2.61. The second-order valence-corrected chi connectivity index (χ2v) is 4.00. The van der Waals surface area contributed by atoms with Crippen LogP contribution in [-0.2, 0) is 6.54 Å². The molecular weight excluding hydrogens is 274 g/mol. The molecule has 0 aliphatic rings. The summed E-state index contributed by atoms with van der Waals surface area (Å²) in [7, 11) is 1.45. The van der Waals surface area contributed by atoms with Crippen molar-refractivity contribution in [1.29, 1.82) is 0 Å². The van der Waals surface area contributed by atoms with Gasteiger partial charge in [0, 0.05) is 19.7 Å². The van der Waals surface area contributed by atoms with Crippen LogP contribution in [-0.4, -0.2) is 12.0 Å². The van der Waals surface area contributed by atoms with Crippen LogP contribution in [0.4, 0.5) is 29.2 Å². The molecule has 1 aromatic carbocycles. The number of nitrogens with one attached hydrogen (secondary N) is 2. The highest BCUT2D eigenvalue weighted by molar-refractivity contribution is 5.47. The number of halogens is 4. The molecule has 7 heteroatoms. The Labute approximate surface area is 112 Å². The maximum Gasteiger partial charge on any atom is 0.168 e. The van der Waals surface area contributed by atoms with E-state index in [1.165, 1.54) is 13.1 Å². The number of anilines is 2. The Bertz CT molecular complexity index is 631. The van der Waals surface area contributed by atoms with Gasteiger partial charge in [-0.25, -0.2) is 22.5 Å². The number of hydrogen-bond acceptors (Lipinski definition) is 3. The van der Waals surface area contributed by atoms with E-state index in [1.807, 2.05) is 0 Å². The topological polar surface area (TPSA) is 37.0 Å². The fraction of sp³-hybridized carbons (Fsp3) is 0.154. The van der Waals surface area contributed by atoms with Crippen molar-refractivity contribution in [1.82, 2.24) is 4.98 Å². The third-order valence-electron chi connectivity index (χ3n) is 2.61. The summed E-state index contributed by atoms with van der Waals surface area (Å²) in [6, 6.07) is 4.00. The molecule has 0 saturated heterocycles. The summed E-state index contributed by atoms with van der Waals surface area (Å²) in [6.45, 7) is 0.0237. The van der Waals surface area contributed by atoms with E-state index in [0.717, 1.165) is 12.1 Å². The molecule has 2 aromatic rings. The lowest BCUT2D eigenvalue weighted by Crippen LogP contribution is -2.07. The van der Waals surface area contributed by atoms with E-state index in [1.54, 1.807) is 0 Å². The predicted molar refractivity (Wildman–Crippen MR) is 67.4 cm³/mol. The lowest BCUT2D eigenvalue weighted by molar-refractivity contribution is 0.507. The van der Waals surface area contributed by atoms with Crippen molar-refractivity contribution in [2.45, 2.75) is 6.54 Å². The lowest BCUT2D eigenvalue weighted by Gasteiger charge is -2.09. The molecule has 20 heavy (non-hydrogen) atoms. The average molecular weight is 285 g/mol. The molecule has 106 valence electrons. The summed E-state index contributed by atoms with van der Waals surface area (Å²) >= 11 is 0. The number of benzene rings is 1. The molecule has 0 fully saturated rings. The van der Waals surface area contributed by atoms with Gasteiger partial charge in [-0.3, -0.25) is 0 Å². The Balaban J connectivity index is 2.16. The van der Waals surface area contributed by atoms with Crippen LogP contribution in [0.5, 0.6) is 0 Å². The molecule has 1 aromatic heterocycles. The number of nitrogens with zero attached hydrogens (tertiary/aromatic N) is 1. The maximum absolute atomic E-state index is 13.5. The predicted octanol–water partition coefficient (Wildman–Crippen LogP) is 3.29. The quantitative estimate of drug-likeness (QED) is 0.846. The second kappa shape index (κ2) is 5.77. The summed E-state index contributed by atoms with van der Waals surface area (Å²) in [5.41, 5.74) is 0.403. The van der Waals surface area contributed by atoms with Crippen LogP contribution < -0.4 is 10.6 Å². The van der Waals surface area contributed by atoms with Crippen LogP contribution in [0, 0.1) is 23.3 Å².